The average molecular weight is 388 g/mol. The van der Waals surface area contributed by atoms with Crippen molar-refractivity contribution in [1.82, 2.24) is 10.2 Å². The maximum Gasteiger partial charge on any atom is 0.353 e. The first-order chi connectivity index (χ1) is 12.9. The van der Waals surface area contributed by atoms with E-state index in [1.54, 1.807) is 0 Å². The Morgan fingerprint density at radius 2 is 2.07 bits per heavy atom. The summed E-state index contributed by atoms with van der Waals surface area (Å²) in [6, 6.07) is 9.15. The van der Waals surface area contributed by atoms with Gasteiger partial charge in [0.1, 0.15) is 5.70 Å². The number of nitrogens with one attached hydrogen (secondary N) is 1. The van der Waals surface area contributed by atoms with Crippen LogP contribution in [0.15, 0.2) is 52.4 Å². The van der Waals surface area contributed by atoms with E-state index in [1.165, 1.54) is 23.3 Å². The molecule has 0 aliphatic carbocycles. The fourth-order valence-electron chi connectivity index (χ4n) is 3.36. The van der Waals surface area contributed by atoms with Crippen molar-refractivity contribution < 1.29 is 24.6 Å². The second-order valence-corrected chi connectivity index (χ2v) is 7.45. The molecule has 1 saturated heterocycles. The fourth-order valence-corrected chi connectivity index (χ4v) is 4.28. The molecule has 3 N–H and O–H groups in total. The highest BCUT2D eigenvalue weighted by molar-refractivity contribution is 8.05. The predicted molar refractivity (Wildman–Crippen MR) is 100 cm³/mol. The lowest BCUT2D eigenvalue weighted by Crippen LogP contribution is -2.61. The molecule has 0 unspecified atom stereocenters. The largest absolute Gasteiger partial charge is 0.477 e. The third-order valence-corrected chi connectivity index (χ3v) is 5.55. The molecular weight excluding hydrogens is 368 g/mol. The van der Waals surface area contributed by atoms with Crippen LogP contribution >= 0.6 is 11.8 Å². The molecule has 1 aromatic rings. The van der Waals surface area contributed by atoms with Gasteiger partial charge in [0, 0.05) is 23.9 Å². The zero-order valence-electron chi connectivity index (χ0n) is 14.7. The molecule has 7 nitrogen and oxygen atoms in total. The Balaban J connectivity index is 1.60. The van der Waals surface area contributed by atoms with Gasteiger partial charge in [0.05, 0.1) is 18.1 Å². The lowest BCUT2D eigenvalue weighted by Gasteiger charge is -2.44. The zero-order valence-corrected chi connectivity index (χ0v) is 15.5. The van der Waals surface area contributed by atoms with Crippen LogP contribution in [0.25, 0.3) is 0 Å². The number of carbonyl (C=O) groups excluding carboxylic acids is 2. The van der Waals surface area contributed by atoms with Crippen molar-refractivity contribution in [1.29, 1.82) is 0 Å². The summed E-state index contributed by atoms with van der Waals surface area (Å²) >= 11 is 1.12. The number of thioether (sulfide) groups is 1. The molecule has 2 amide bonds. The molecule has 2 aliphatic rings. The number of aliphatic hydroxyl groups is 1. The van der Waals surface area contributed by atoms with E-state index in [0.29, 0.717) is 17.9 Å². The summed E-state index contributed by atoms with van der Waals surface area (Å²) in [5, 5.41) is 23.4. The minimum Gasteiger partial charge on any atom is -0.477 e. The number of nitrogens with zero attached hydrogens (tertiary/aromatic N) is 1. The molecule has 8 heteroatoms. The monoisotopic (exact) mass is 388 g/mol. The molecule has 27 heavy (non-hydrogen) atoms. The van der Waals surface area contributed by atoms with Crippen molar-refractivity contribution in [2.45, 2.75) is 32.0 Å². The standard InChI is InChI=1S/C19H20N2O5S/c1-11(22)16-13-9-14(17(19(25)26)21(13)18(16)24)27-8-7-15(23)20-10-12-5-3-2-4-6-12/h2-8,11,13,16,22H,9-10H2,1H3,(H,20,23)(H,25,26)/t11-,13+,16-/m0/s1. The third-order valence-electron chi connectivity index (χ3n) is 4.63. The van der Waals surface area contributed by atoms with Crippen LogP contribution in [0.1, 0.15) is 18.9 Å². The van der Waals surface area contributed by atoms with E-state index in [0.717, 1.165) is 17.3 Å². The van der Waals surface area contributed by atoms with Crippen LogP contribution in [-0.4, -0.2) is 45.0 Å². The molecule has 3 atom stereocenters. The van der Waals surface area contributed by atoms with Crippen LogP contribution in [-0.2, 0) is 20.9 Å². The van der Waals surface area contributed by atoms with Crippen LogP contribution in [0.2, 0.25) is 0 Å². The number of aliphatic hydroxyl groups excluding tert-OH is 1. The maximum absolute atomic E-state index is 12.1. The van der Waals surface area contributed by atoms with Crippen LogP contribution < -0.4 is 5.32 Å². The predicted octanol–water partition coefficient (Wildman–Crippen LogP) is 1.46. The summed E-state index contributed by atoms with van der Waals surface area (Å²) in [7, 11) is 0. The summed E-state index contributed by atoms with van der Waals surface area (Å²) < 4.78 is 0. The van der Waals surface area contributed by atoms with Gasteiger partial charge < -0.3 is 20.4 Å². The molecule has 0 aromatic heterocycles. The van der Waals surface area contributed by atoms with E-state index in [4.69, 9.17) is 0 Å². The second kappa shape index (κ2) is 7.98. The fraction of sp³-hybridized carbons (Fsp3) is 0.316. The Labute approximate surface area is 160 Å². The Morgan fingerprint density at radius 1 is 1.37 bits per heavy atom. The number of carbonyl (C=O) groups is 3. The molecule has 0 radical (unpaired) electrons. The quantitative estimate of drug-likeness (QED) is 0.482. The van der Waals surface area contributed by atoms with Gasteiger partial charge in [-0.1, -0.05) is 42.1 Å². The van der Waals surface area contributed by atoms with Gasteiger partial charge in [0.25, 0.3) is 0 Å². The van der Waals surface area contributed by atoms with E-state index in [1.807, 2.05) is 30.3 Å². The Hall–Kier alpha value is -2.58. The molecule has 1 aromatic carbocycles. The summed E-state index contributed by atoms with van der Waals surface area (Å²) in [6.45, 7) is 1.93. The summed E-state index contributed by atoms with van der Waals surface area (Å²) in [4.78, 5) is 37.3. The average Bonchev–Trinajstić information content (AvgIpc) is 2.95. The topological polar surface area (TPSA) is 107 Å². The SMILES string of the molecule is C[C@H](O)[C@@H]1C(=O)N2C(C(=O)O)=C(SC=CC(=O)NCc3ccccc3)C[C@H]12. The van der Waals surface area contributed by atoms with Gasteiger partial charge in [-0.15, -0.1) is 0 Å². The van der Waals surface area contributed by atoms with Crippen molar-refractivity contribution in [3.05, 3.63) is 58.0 Å². The molecule has 3 rings (SSSR count). The number of carboxylic acids is 1. The highest BCUT2D eigenvalue weighted by Crippen LogP contribution is 2.47. The summed E-state index contributed by atoms with van der Waals surface area (Å²) in [5.41, 5.74) is 0.923. The number of carboxylic acid groups (broad SMARTS) is 1. The van der Waals surface area contributed by atoms with Crippen LogP contribution in [0, 0.1) is 5.92 Å². The van der Waals surface area contributed by atoms with Gasteiger partial charge in [-0.3, -0.25) is 9.59 Å². The number of fused-ring (bicyclic) bond motifs is 1. The maximum atomic E-state index is 12.1. The van der Waals surface area contributed by atoms with E-state index < -0.39 is 18.0 Å². The minimum atomic E-state index is -1.18. The van der Waals surface area contributed by atoms with Crippen molar-refractivity contribution in [3.8, 4) is 0 Å². The number of benzene rings is 1. The van der Waals surface area contributed by atoms with Gasteiger partial charge in [0.2, 0.25) is 11.8 Å². The molecule has 2 aliphatic heterocycles. The number of rotatable bonds is 7. The lowest BCUT2D eigenvalue weighted by molar-refractivity contribution is -0.161. The molecule has 2 heterocycles. The first-order valence-electron chi connectivity index (χ1n) is 8.52. The normalized spacial score (nSPS) is 22.6. The highest BCUT2D eigenvalue weighted by Gasteiger charge is 2.56. The summed E-state index contributed by atoms with van der Waals surface area (Å²) in [6.07, 6.45) is 0.880. The first kappa shape index (κ1) is 19.2. The summed E-state index contributed by atoms with van der Waals surface area (Å²) in [5.74, 6) is -2.41. The van der Waals surface area contributed by atoms with Crippen LogP contribution in [0.4, 0.5) is 0 Å². The number of aliphatic carboxylic acids is 1. The number of β-lactam (4-membered cyclic amide) rings is 1. The second-order valence-electron chi connectivity index (χ2n) is 6.45. The van der Waals surface area contributed by atoms with E-state index >= 15 is 0 Å². The number of amides is 2. The Morgan fingerprint density at radius 3 is 2.70 bits per heavy atom. The Bertz CT molecular complexity index is 819. The number of hydrogen-bond donors (Lipinski definition) is 3. The van der Waals surface area contributed by atoms with Crippen LogP contribution in [0.5, 0.6) is 0 Å². The molecule has 142 valence electrons. The smallest absolute Gasteiger partial charge is 0.353 e. The molecular formula is C19H20N2O5S. The molecule has 0 saturated carbocycles. The van der Waals surface area contributed by atoms with Gasteiger partial charge in [0.15, 0.2) is 0 Å². The molecule has 0 spiro atoms. The van der Waals surface area contributed by atoms with Crippen molar-refractivity contribution in [3.63, 3.8) is 0 Å². The molecule has 0 bridgehead atoms. The van der Waals surface area contributed by atoms with Crippen molar-refractivity contribution in [2.75, 3.05) is 0 Å². The Kier molecular flexibility index (Phi) is 5.67. The van der Waals surface area contributed by atoms with E-state index in [2.05, 4.69) is 5.32 Å². The van der Waals surface area contributed by atoms with Gasteiger partial charge in [-0.25, -0.2) is 4.79 Å². The first-order valence-corrected chi connectivity index (χ1v) is 9.40. The van der Waals surface area contributed by atoms with Crippen LogP contribution in [0.3, 0.4) is 0 Å². The van der Waals surface area contributed by atoms with Gasteiger partial charge in [-0.2, -0.15) is 0 Å². The van der Waals surface area contributed by atoms with E-state index in [9.17, 15) is 24.6 Å². The minimum absolute atomic E-state index is 0.0544. The number of hydrogen-bond acceptors (Lipinski definition) is 5. The zero-order chi connectivity index (χ0) is 19.6. The van der Waals surface area contributed by atoms with Gasteiger partial charge >= 0.3 is 5.97 Å². The van der Waals surface area contributed by atoms with E-state index in [-0.39, 0.29) is 23.6 Å². The van der Waals surface area contributed by atoms with Crippen molar-refractivity contribution in [2.24, 2.45) is 5.92 Å². The third kappa shape index (κ3) is 3.91. The highest BCUT2D eigenvalue weighted by atomic mass is 32.2. The molecule has 1 fully saturated rings. The van der Waals surface area contributed by atoms with Gasteiger partial charge in [-0.05, 0) is 17.9 Å². The van der Waals surface area contributed by atoms with Crippen molar-refractivity contribution >= 4 is 29.5 Å². The lowest BCUT2D eigenvalue weighted by atomic mass is 9.83.